The van der Waals surface area contributed by atoms with Crippen molar-refractivity contribution in [2.75, 3.05) is 24.2 Å². The highest BCUT2D eigenvalue weighted by atomic mass is 32.2. The van der Waals surface area contributed by atoms with Gasteiger partial charge in [0.2, 0.25) is 0 Å². The lowest BCUT2D eigenvalue weighted by atomic mass is 10.2. The summed E-state index contributed by atoms with van der Waals surface area (Å²) in [5.74, 6) is -0.393. The summed E-state index contributed by atoms with van der Waals surface area (Å²) in [4.78, 5) is 3.82. The molecule has 2 heterocycles. The summed E-state index contributed by atoms with van der Waals surface area (Å²) >= 11 is 0. The van der Waals surface area contributed by atoms with Gasteiger partial charge in [-0.1, -0.05) is 6.92 Å². The third kappa shape index (κ3) is 4.09. The van der Waals surface area contributed by atoms with Crippen molar-refractivity contribution in [1.29, 1.82) is 5.41 Å². The van der Waals surface area contributed by atoms with Crippen LogP contribution in [0.5, 0.6) is 5.75 Å². The van der Waals surface area contributed by atoms with Crippen LogP contribution in [-0.2, 0) is 9.84 Å². The number of halogens is 1. The Morgan fingerprint density at radius 3 is 2.67 bits per heavy atom. The van der Waals surface area contributed by atoms with E-state index in [4.69, 9.17) is 10.1 Å². The van der Waals surface area contributed by atoms with E-state index in [0.29, 0.717) is 13.1 Å². The summed E-state index contributed by atoms with van der Waals surface area (Å²) in [6, 6.07) is 1.38. The first kappa shape index (κ1) is 18.3. The third-order valence-electron chi connectivity index (χ3n) is 3.55. The van der Waals surface area contributed by atoms with Crippen molar-refractivity contribution in [3.05, 3.63) is 28.7 Å². The first-order valence-electron chi connectivity index (χ1n) is 7.53. The number of sulfone groups is 1. The number of rotatable bonds is 7. The maximum absolute atomic E-state index is 13.8. The molecule has 0 atom stereocenters. The molecule has 132 valence electrons. The third-order valence-corrected chi connectivity index (χ3v) is 5.54. The Kier molecular flexibility index (Phi) is 5.55. The summed E-state index contributed by atoms with van der Waals surface area (Å²) < 4.78 is 43.6. The van der Waals surface area contributed by atoms with Crippen molar-refractivity contribution in [3.63, 3.8) is 0 Å². The van der Waals surface area contributed by atoms with E-state index in [1.54, 1.807) is 6.92 Å². The van der Waals surface area contributed by atoms with E-state index in [2.05, 4.69) is 15.6 Å². The van der Waals surface area contributed by atoms with Crippen LogP contribution in [0.25, 0.3) is 0 Å². The van der Waals surface area contributed by atoms with Gasteiger partial charge in [-0.05, 0) is 13.8 Å². The monoisotopic (exact) mass is 356 g/mol. The van der Waals surface area contributed by atoms with Gasteiger partial charge >= 0.3 is 0 Å². The van der Waals surface area contributed by atoms with Crippen molar-refractivity contribution < 1.29 is 17.5 Å². The predicted octanol–water partition coefficient (Wildman–Crippen LogP) is 1.69. The molecule has 1 saturated heterocycles. The lowest BCUT2D eigenvalue weighted by Crippen LogP contribution is -2.50. The van der Waals surface area contributed by atoms with Crippen LogP contribution < -0.4 is 15.4 Å². The van der Waals surface area contributed by atoms with Gasteiger partial charge in [0.05, 0.1) is 11.9 Å². The van der Waals surface area contributed by atoms with Crippen LogP contribution in [0, 0.1) is 11.2 Å². The standard InChI is InChI=1S/C15H21FN4O3S/c1-4-24(21,22)15(9(2)17)10(3)20-14-5-13(12(16)8-19-14)23-11-6-18-7-11/h5,8,11,17-18H,4,6-7H2,1-3H3,(H,19,20)/b15-10+,17-9?. The minimum atomic E-state index is -3.56. The second-order valence-corrected chi connectivity index (χ2v) is 7.72. The zero-order valence-electron chi connectivity index (χ0n) is 13.8. The molecule has 7 nitrogen and oxygen atoms in total. The highest BCUT2D eigenvalue weighted by Gasteiger charge is 2.22. The molecule has 0 amide bonds. The second-order valence-electron chi connectivity index (χ2n) is 5.51. The van der Waals surface area contributed by atoms with Crippen molar-refractivity contribution in [2.45, 2.75) is 26.9 Å². The molecule has 0 saturated carbocycles. The van der Waals surface area contributed by atoms with E-state index in [9.17, 15) is 12.8 Å². The molecule has 0 radical (unpaired) electrons. The number of pyridine rings is 1. The number of nitrogens with one attached hydrogen (secondary N) is 3. The van der Waals surface area contributed by atoms with Gasteiger partial charge in [0, 0.05) is 30.6 Å². The molecule has 0 unspecified atom stereocenters. The highest BCUT2D eigenvalue weighted by Crippen LogP contribution is 2.24. The highest BCUT2D eigenvalue weighted by molar-refractivity contribution is 7.96. The minimum absolute atomic E-state index is 0.0540. The summed E-state index contributed by atoms with van der Waals surface area (Å²) in [7, 11) is -3.56. The number of hydrogen-bond acceptors (Lipinski definition) is 7. The Bertz CT molecular complexity index is 773. The maximum atomic E-state index is 13.8. The zero-order valence-corrected chi connectivity index (χ0v) is 14.6. The van der Waals surface area contributed by atoms with Gasteiger partial charge < -0.3 is 20.8 Å². The van der Waals surface area contributed by atoms with Gasteiger partial charge in [0.25, 0.3) is 0 Å². The van der Waals surface area contributed by atoms with Crippen molar-refractivity contribution in [3.8, 4) is 5.75 Å². The van der Waals surface area contributed by atoms with Gasteiger partial charge in [0.1, 0.15) is 16.8 Å². The normalized spacial score (nSPS) is 16.2. The summed E-state index contributed by atoms with van der Waals surface area (Å²) in [5.41, 5.74) is 0.195. The van der Waals surface area contributed by atoms with Gasteiger partial charge in [-0.15, -0.1) is 0 Å². The Morgan fingerprint density at radius 1 is 1.50 bits per heavy atom. The molecular weight excluding hydrogens is 335 g/mol. The van der Waals surface area contributed by atoms with Crippen LogP contribution in [0.15, 0.2) is 22.9 Å². The van der Waals surface area contributed by atoms with Crippen LogP contribution in [-0.4, -0.2) is 44.1 Å². The quantitative estimate of drug-likeness (QED) is 0.642. The largest absolute Gasteiger partial charge is 0.484 e. The molecule has 0 bridgehead atoms. The van der Waals surface area contributed by atoms with Crippen LogP contribution in [0.4, 0.5) is 10.2 Å². The van der Waals surface area contributed by atoms with Gasteiger partial charge in [-0.2, -0.15) is 0 Å². The number of aromatic nitrogens is 1. The van der Waals surface area contributed by atoms with Crippen LogP contribution in [0.1, 0.15) is 20.8 Å². The summed E-state index contributed by atoms with van der Waals surface area (Å²) in [6.07, 6.45) is 0.925. The molecule has 0 aromatic carbocycles. The fraction of sp³-hybridized carbons (Fsp3) is 0.467. The lowest BCUT2D eigenvalue weighted by Gasteiger charge is -2.28. The average molecular weight is 356 g/mol. The van der Waals surface area contributed by atoms with E-state index in [0.717, 1.165) is 6.20 Å². The topological polar surface area (TPSA) is 104 Å². The molecule has 24 heavy (non-hydrogen) atoms. The van der Waals surface area contributed by atoms with Gasteiger partial charge in [-0.25, -0.2) is 17.8 Å². The molecule has 1 fully saturated rings. The Morgan fingerprint density at radius 2 is 2.17 bits per heavy atom. The zero-order chi connectivity index (χ0) is 17.9. The van der Waals surface area contributed by atoms with E-state index >= 15 is 0 Å². The number of nitrogens with zero attached hydrogens (tertiary/aromatic N) is 1. The first-order chi connectivity index (χ1) is 11.2. The Hall–Kier alpha value is -2.00. The molecule has 0 aliphatic carbocycles. The molecule has 1 aromatic heterocycles. The smallest absolute Gasteiger partial charge is 0.183 e. The Labute approximate surface area is 140 Å². The molecule has 0 spiro atoms. The SMILES string of the molecule is CCS(=O)(=O)/C(C(C)=N)=C(\C)Nc1cc(OC2CNC2)c(F)cn1. The predicted molar refractivity (Wildman–Crippen MR) is 90.7 cm³/mol. The van der Waals surface area contributed by atoms with E-state index in [1.165, 1.54) is 19.9 Å². The molecule has 2 rings (SSSR count). The van der Waals surface area contributed by atoms with Crippen LogP contribution in [0.2, 0.25) is 0 Å². The first-order valence-corrected chi connectivity index (χ1v) is 9.19. The van der Waals surface area contributed by atoms with Gasteiger partial charge in [-0.3, -0.25) is 0 Å². The molecular formula is C15H21FN4O3S. The van der Waals surface area contributed by atoms with Gasteiger partial charge in [0.15, 0.2) is 21.4 Å². The Balaban J connectivity index is 2.29. The van der Waals surface area contributed by atoms with Crippen LogP contribution in [0.3, 0.4) is 0 Å². The number of hydrogen-bond donors (Lipinski definition) is 3. The molecule has 3 N–H and O–H groups in total. The molecule has 1 aromatic rings. The fourth-order valence-corrected chi connectivity index (χ4v) is 3.52. The van der Waals surface area contributed by atoms with E-state index in [1.807, 2.05) is 0 Å². The molecule has 1 aliphatic heterocycles. The summed E-state index contributed by atoms with van der Waals surface area (Å²) in [6.45, 7) is 5.76. The van der Waals surface area contributed by atoms with Crippen LogP contribution >= 0.6 is 0 Å². The lowest BCUT2D eigenvalue weighted by molar-refractivity contribution is 0.136. The van der Waals surface area contributed by atoms with Crippen molar-refractivity contribution in [1.82, 2.24) is 10.3 Å². The number of anilines is 1. The summed E-state index contributed by atoms with van der Waals surface area (Å²) in [5, 5.41) is 13.6. The maximum Gasteiger partial charge on any atom is 0.183 e. The number of ether oxygens (including phenoxy) is 1. The molecule has 1 aliphatic rings. The molecule has 9 heteroatoms. The second kappa shape index (κ2) is 7.27. The van der Waals surface area contributed by atoms with E-state index < -0.39 is 15.7 Å². The fourth-order valence-electron chi connectivity index (χ4n) is 2.24. The van der Waals surface area contributed by atoms with Crippen molar-refractivity contribution in [2.24, 2.45) is 0 Å². The van der Waals surface area contributed by atoms with E-state index in [-0.39, 0.29) is 39.7 Å². The number of allylic oxidation sites excluding steroid dienone is 2. The average Bonchev–Trinajstić information content (AvgIpc) is 2.45. The minimum Gasteiger partial charge on any atom is -0.484 e. The van der Waals surface area contributed by atoms with Crippen molar-refractivity contribution >= 4 is 21.4 Å².